The summed E-state index contributed by atoms with van der Waals surface area (Å²) in [5.41, 5.74) is 0.978. The number of benzene rings is 1. The van der Waals surface area contributed by atoms with Gasteiger partial charge in [0.2, 0.25) is 5.91 Å². The van der Waals surface area contributed by atoms with Gasteiger partial charge in [0, 0.05) is 42.8 Å². The zero-order chi connectivity index (χ0) is 22.7. The van der Waals surface area contributed by atoms with Crippen molar-refractivity contribution in [1.29, 1.82) is 0 Å². The third-order valence-corrected chi connectivity index (χ3v) is 6.07. The molecule has 0 aliphatic carbocycles. The summed E-state index contributed by atoms with van der Waals surface area (Å²) in [6.07, 6.45) is -3.49. The zero-order valence-corrected chi connectivity index (χ0v) is 18.3. The Bertz CT molecular complexity index is 1100. The van der Waals surface area contributed by atoms with Crippen LogP contribution in [-0.4, -0.2) is 52.6 Å². The van der Waals surface area contributed by atoms with Crippen LogP contribution in [0.15, 0.2) is 41.7 Å². The van der Waals surface area contributed by atoms with Gasteiger partial charge in [0.25, 0.3) is 0 Å². The van der Waals surface area contributed by atoms with Crippen molar-refractivity contribution >= 4 is 46.3 Å². The number of alkyl halides is 3. The Morgan fingerprint density at radius 3 is 2.59 bits per heavy atom. The molecule has 1 aromatic carbocycles. The number of pyridine rings is 1. The Morgan fingerprint density at radius 1 is 1.19 bits per heavy atom. The third-order valence-electron chi connectivity index (χ3n) is 4.84. The van der Waals surface area contributed by atoms with Crippen molar-refractivity contribution in [3.63, 3.8) is 0 Å². The Hall–Kier alpha value is -2.50. The van der Waals surface area contributed by atoms with Crippen LogP contribution in [0, 0.1) is 0 Å². The highest BCUT2D eigenvalue weighted by Crippen LogP contribution is 2.33. The summed E-state index contributed by atoms with van der Waals surface area (Å²) in [4.78, 5) is 14.5. The molecule has 4 rings (SSSR count). The molecule has 3 heterocycles. The number of amides is 1. The van der Waals surface area contributed by atoms with Crippen LogP contribution < -0.4 is 10.2 Å². The van der Waals surface area contributed by atoms with Crippen molar-refractivity contribution < 1.29 is 22.7 Å². The monoisotopic (exact) mass is 485 g/mol. The molecule has 3 aromatic rings. The number of carbonyl (C=O) groups is 1. The number of halogens is 4. The van der Waals surface area contributed by atoms with Gasteiger partial charge in [0.05, 0.1) is 23.8 Å². The minimum Gasteiger partial charge on any atom is -0.378 e. The highest BCUT2D eigenvalue weighted by Gasteiger charge is 2.32. The number of carbonyl (C=O) groups excluding carboxylic acids is 1. The van der Waals surface area contributed by atoms with Crippen molar-refractivity contribution in [2.75, 3.05) is 42.3 Å². The van der Waals surface area contributed by atoms with Crippen LogP contribution in [0.5, 0.6) is 0 Å². The van der Waals surface area contributed by atoms with Crippen molar-refractivity contribution in [1.82, 2.24) is 14.6 Å². The average Bonchev–Trinajstić information content (AvgIpc) is 3.18. The van der Waals surface area contributed by atoms with Gasteiger partial charge in [-0.25, -0.2) is 0 Å². The molecule has 12 heteroatoms. The minimum atomic E-state index is -4.54. The molecule has 1 fully saturated rings. The molecule has 32 heavy (non-hydrogen) atoms. The summed E-state index contributed by atoms with van der Waals surface area (Å²) in [5.74, 6) is 0.103. The molecular formula is C20H19ClF3N5O2S. The average molecular weight is 486 g/mol. The molecule has 170 valence electrons. The molecule has 2 aromatic heterocycles. The molecule has 0 radical (unpaired) electrons. The van der Waals surface area contributed by atoms with Crippen molar-refractivity contribution in [2.45, 2.75) is 17.8 Å². The Kier molecular flexibility index (Phi) is 6.77. The van der Waals surface area contributed by atoms with E-state index in [-0.39, 0.29) is 28.2 Å². The van der Waals surface area contributed by atoms with Gasteiger partial charge in [0.15, 0.2) is 10.8 Å². The van der Waals surface area contributed by atoms with E-state index in [0.717, 1.165) is 42.8 Å². The van der Waals surface area contributed by atoms with Crippen molar-refractivity contribution in [2.24, 2.45) is 0 Å². The maximum atomic E-state index is 13.0. The number of fused-ring (bicyclic) bond motifs is 1. The van der Waals surface area contributed by atoms with E-state index in [2.05, 4.69) is 20.4 Å². The molecule has 1 saturated heterocycles. The molecule has 0 saturated carbocycles. The first-order valence-electron chi connectivity index (χ1n) is 9.78. The zero-order valence-electron chi connectivity index (χ0n) is 16.7. The maximum absolute atomic E-state index is 13.0. The molecule has 1 aliphatic heterocycles. The van der Waals surface area contributed by atoms with Crippen molar-refractivity contribution in [3.05, 3.63) is 47.1 Å². The number of rotatable bonds is 6. The number of ether oxygens (including phenoxy) is 1. The molecule has 1 N–H and O–H groups in total. The van der Waals surface area contributed by atoms with E-state index in [1.54, 1.807) is 0 Å². The smallest absolute Gasteiger partial charge is 0.378 e. The number of nitrogens with zero attached hydrogens (tertiary/aromatic N) is 4. The molecule has 0 unspecified atom stereocenters. The van der Waals surface area contributed by atoms with Crippen LogP contribution in [0.3, 0.4) is 0 Å². The largest absolute Gasteiger partial charge is 0.417 e. The second kappa shape index (κ2) is 9.55. The highest BCUT2D eigenvalue weighted by atomic mass is 35.5. The Morgan fingerprint density at radius 2 is 1.91 bits per heavy atom. The van der Waals surface area contributed by atoms with Gasteiger partial charge in [-0.1, -0.05) is 23.4 Å². The van der Waals surface area contributed by atoms with E-state index in [9.17, 15) is 18.0 Å². The second-order valence-corrected chi connectivity index (χ2v) is 8.51. The molecular weight excluding hydrogens is 467 g/mol. The van der Waals surface area contributed by atoms with E-state index in [1.165, 1.54) is 4.40 Å². The first-order valence-corrected chi connectivity index (χ1v) is 11.1. The first kappa shape index (κ1) is 22.7. The lowest BCUT2D eigenvalue weighted by molar-refractivity contribution is -0.137. The summed E-state index contributed by atoms with van der Waals surface area (Å²) >= 11 is 7.04. The minimum absolute atomic E-state index is 0.131. The third kappa shape index (κ3) is 5.28. The topological polar surface area (TPSA) is 71.8 Å². The number of anilines is 2. The fourth-order valence-corrected chi connectivity index (χ4v) is 4.32. The van der Waals surface area contributed by atoms with Gasteiger partial charge < -0.3 is 15.0 Å². The van der Waals surface area contributed by atoms with Gasteiger partial charge in [-0.15, -0.1) is 10.2 Å². The van der Waals surface area contributed by atoms with Crippen LogP contribution in [0.4, 0.5) is 24.5 Å². The lowest BCUT2D eigenvalue weighted by atomic mass is 10.2. The summed E-state index contributed by atoms with van der Waals surface area (Å²) in [6, 6.07) is 8.38. The van der Waals surface area contributed by atoms with Gasteiger partial charge in [-0.05, 0) is 30.3 Å². The van der Waals surface area contributed by atoms with E-state index in [0.29, 0.717) is 24.7 Å². The predicted molar refractivity (Wildman–Crippen MR) is 116 cm³/mol. The Labute approximate surface area is 190 Å². The molecule has 1 aliphatic rings. The van der Waals surface area contributed by atoms with Crippen LogP contribution in [0.1, 0.15) is 12.0 Å². The summed E-state index contributed by atoms with van der Waals surface area (Å²) in [6.45, 7) is 3.05. The lowest BCUT2D eigenvalue weighted by Gasteiger charge is -2.28. The van der Waals surface area contributed by atoms with Crippen LogP contribution in [0.2, 0.25) is 5.02 Å². The number of morpholine rings is 1. The maximum Gasteiger partial charge on any atom is 0.417 e. The van der Waals surface area contributed by atoms with Crippen LogP contribution in [0.25, 0.3) is 5.65 Å². The SMILES string of the molecule is O=C(CCSc1nnc2c(Cl)cc(C(F)(F)F)cn12)Nc1ccc(N2CCOCC2)cc1. The van der Waals surface area contributed by atoms with Crippen molar-refractivity contribution in [3.8, 4) is 0 Å². The normalized spacial score (nSPS) is 14.7. The van der Waals surface area contributed by atoms with E-state index >= 15 is 0 Å². The Balaban J connectivity index is 1.33. The van der Waals surface area contributed by atoms with Gasteiger partial charge in [-0.2, -0.15) is 13.2 Å². The predicted octanol–water partition coefficient (Wildman–Crippen LogP) is 4.36. The van der Waals surface area contributed by atoms with Crippen LogP contribution in [-0.2, 0) is 15.7 Å². The summed E-state index contributed by atoms with van der Waals surface area (Å²) in [7, 11) is 0. The summed E-state index contributed by atoms with van der Waals surface area (Å²) < 4.78 is 45.7. The molecule has 0 bridgehead atoms. The fourth-order valence-electron chi connectivity index (χ4n) is 3.22. The van der Waals surface area contributed by atoms with E-state index in [4.69, 9.17) is 16.3 Å². The van der Waals surface area contributed by atoms with Crippen LogP contribution >= 0.6 is 23.4 Å². The van der Waals surface area contributed by atoms with Gasteiger partial charge >= 0.3 is 6.18 Å². The standard InChI is InChI=1S/C20H19ClF3N5O2S/c21-16-11-13(20(22,23)24)12-29-18(16)26-27-19(29)32-10-5-17(30)25-14-1-3-15(4-2-14)28-6-8-31-9-7-28/h1-4,11-12H,5-10H2,(H,25,30). The highest BCUT2D eigenvalue weighted by molar-refractivity contribution is 7.99. The number of thioether (sulfide) groups is 1. The fraction of sp³-hybridized carbons (Fsp3) is 0.350. The molecule has 0 spiro atoms. The number of hydrogen-bond donors (Lipinski definition) is 1. The quantitative estimate of drug-likeness (QED) is 0.523. The summed E-state index contributed by atoms with van der Waals surface area (Å²) in [5, 5.41) is 10.6. The number of nitrogens with one attached hydrogen (secondary N) is 1. The number of aromatic nitrogens is 3. The lowest BCUT2D eigenvalue weighted by Crippen LogP contribution is -2.36. The van der Waals surface area contributed by atoms with E-state index < -0.39 is 11.7 Å². The molecule has 0 atom stereocenters. The molecule has 7 nitrogen and oxygen atoms in total. The van der Waals surface area contributed by atoms with Gasteiger partial charge in [-0.3, -0.25) is 9.20 Å². The first-order chi connectivity index (χ1) is 15.3. The van der Waals surface area contributed by atoms with Gasteiger partial charge in [0.1, 0.15) is 0 Å². The second-order valence-electron chi connectivity index (χ2n) is 7.04. The van der Waals surface area contributed by atoms with E-state index in [1.807, 2.05) is 24.3 Å². The molecule has 1 amide bonds. The number of hydrogen-bond acceptors (Lipinski definition) is 6.